The first kappa shape index (κ1) is 30.8. The maximum atomic E-state index is 12.1. The molecule has 0 bridgehead atoms. The van der Waals surface area contributed by atoms with Gasteiger partial charge in [0.1, 0.15) is 10.1 Å². The van der Waals surface area contributed by atoms with Gasteiger partial charge in [-0.05, 0) is 54.8 Å². The van der Waals surface area contributed by atoms with E-state index in [0.29, 0.717) is 22.2 Å². The van der Waals surface area contributed by atoms with Gasteiger partial charge in [0.25, 0.3) is 0 Å². The van der Waals surface area contributed by atoms with Gasteiger partial charge in [0.05, 0.1) is 5.69 Å². The van der Waals surface area contributed by atoms with Crippen LogP contribution in [0.5, 0.6) is 0 Å². The minimum absolute atomic E-state index is 0. The van der Waals surface area contributed by atoms with E-state index in [4.69, 9.17) is 0 Å². The van der Waals surface area contributed by atoms with Gasteiger partial charge in [-0.25, -0.2) is 16.8 Å². The molecule has 0 radical (unpaired) electrons. The molecule has 0 fully saturated rings. The van der Waals surface area contributed by atoms with Gasteiger partial charge in [-0.3, -0.25) is 4.90 Å². The van der Waals surface area contributed by atoms with Crippen molar-refractivity contribution in [2.75, 3.05) is 4.90 Å². The standard InChI is InChI=1S/C29H20N2O6S2.Na/c1-3-10-28(38(32,33)34)30-24(20-18-22-12-5-7-16-26(22)30)14-9-15-25-21-19-23-13-6-8-17-27(23)31(25)29(11-4-2)39(35,36)37;/h5-9,12-21H,1-2H2,(H-,32,33,34,35,36,37);/q;+1/p-1. The minimum Gasteiger partial charge on any atom is -0.742 e. The van der Waals surface area contributed by atoms with E-state index in [9.17, 15) is 25.9 Å². The third-order valence-electron chi connectivity index (χ3n) is 5.54. The molecule has 1 aliphatic rings. The quantitative estimate of drug-likeness (QED) is 0.186. The van der Waals surface area contributed by atoms with Gasteiger partial charge in [0.15, 0.2) is 15.1 Å². The number of aromatic nitrogens is 1. The van der Waals surface area contributed by atoms with Crippen LogP contribution in [-0.4, -0.2) is 25.9 Å². The third kappa shape index (κ3) is 6.53. The van der Waals surface area contributed by atoms with Crippen molar-refractivity contribution in [2.45, 2.75) is 0 Å². The van der Waals surface area contributed by atoms with Gasteiger partial charge < -0.3 is 9.11 Å². The van der Waals surface area contributed by atoms with Crippen LogP contribution in [0.4, 0.5) is 5.69 Å². The largest absolute Gasteiger partial charge is 1.00 e. The van der Waals surface area contributed by atoms with E-state index in [1.165, 1.54) is 27.7 Å². The summed E-state index contributed by atoms with van der Waals surface area (Å²) in [6.07, 6.45) is 7.89. The molecule has 40 heavy (non-hydrogen) atoms. The number of benzene rings is 2. The van der Waals surface area contributed by atoms with Gasteiger partial charge in [0.2, 0.25) is 11.2 Å². The summed E-state index contributed by atoms with van der Waals surface area (Å²) in [6.45, 7) is 6.69. The van der Waals surface area contributed by atoms with E-state index in [1.807, 2.05) is 0 Å². The molecule has 1 aliphatic heterocycles. The van der Waals surface area contributed by atoms with Crippen LogP contribution in [0.1, 0.15) is 11.3 Å². The zero-order chi connectivity index (χ0) is 28.2. The number of hydrogen-bond acceptors (Lipinski definition) is 7. The first-order valence-corrected chi connectivity index (χ1v) is 14.0. The minimum atomic E-state index is -4.99. The maximum Gasteiger partial charge on any atom is 1.00 e. The fourth-order valence-electron chi connectivity index (χ4n) is 4.01. The second kappa shape index (κ2) is 12.6. The average Bonchev–Trinajstić information content (AvgIpc) is 2.89. The van der Waals surface area contributed by atoms with Crippen molar-refractivity contribution in [3.05, 3.63) is 137 Å². The van der Waals surface area contributed by atoms with E-state index in [0.717, 1.165) is 0 Å². The number of pyridine rings is 1. The molecule has 2 heterocycles. The number of hydrogen-bond donors (Lipinski definition) is 0. The summed E-state index contributed by atoms with van der Waals surface area (Å²) in [4.78, 5) is 1.21. The topological polar surface area (TPSA) is 122 Å². The molecule has 11 heteroatoms. The summed E-state index contributed by atoms with van der Waals surface area (Å²) in [5.41, 5.74) is 11.1. The number of nitrogens with zero attached hydrogens (tertiary/aromatic N) is 2. The van der Waals surface area contributed by atoms with Gasteiger partial charge in [-0.1, -0.05) is 53.9 Å². The summed E-state index contributed by atoms with van der Waals surface area (Å²) in [6, 6.07) is 17.0. The summed E-state index contributed by atoms with van der Waals surface area (Å²) in [5, 5.41) is -0.744. The Labute approximate surface area is 254 Å². The van der Waals surface area contributed by atoms with Crippen molar-refractivity contribution in [2.24, 2.45) is 0 Å². The third-order valence-corrected chi connectivity index (χ3v) is 7.06. The first-order valence-electron chi connectivity index (χ1n) is 11.2. The SMILES string of the molecule is C=C=C=C(N1C(=CC=Cc2ccc3ccccc3[n+]2C(=C=C=C)S(=O)(=O)[O-])C=Cc2ccccc21)S(=O)(=O)[O-].[Na+]. The van der Waals surface area contributed by atoms with Crippen LogP contribution in [0.15, 0.2) is 126 Å². The fourth-order valence-corrected chi connectivity index (χ4v) is 5.26. The number of para-hydroxylation sites is 2. The molecule has 2 aromatic carbocycles. The Morgan fingerprint density at radius 1 is 0.850 bits per heavy atom. The fraction of sp³-hybridized carbons (Fsp3) is 0. The van der Waals surface area contributed by atoms with Crippen LogP contribution >= 0.6 is 0 Å². The van der Waals surface area contributed by atoms with Crippen LogP contribution in [-0.2, 0) is 20.2 Å². The number of allylic oxidation sites excluding steroid dienone is 3. The zero-order valence-electron chi connectivity index (χ0n) is 21.2. The van der Waals surface area contributed by atoms with Crippen LogP contribution in [0.25, 0.3) is 28.1 Å². The Morgan fingerprint density at radius 2 is 1.52 bits per heavy atom. The molecule has 0 N–H and O–H groups in total. The second-order valence-corrected chi connectivity index (χ2v) is 10.5. The van der Waals surface area contributed by atoms with Crippen molar-refractivity contribution in [3.63, 3.8) is 0 Å². The van der Waals surface area contributed by atoms with Crippen LogP contribution in [0.2, 0.25) is 0 Å². The van der Waals surface area contributed by atoms with E-state index in [1.54, 1.807) is 72.8 Å². The summed E-state index contributed by atoms with van der Waals surface area (Å²) >= 11 is 0. The monoisotopic (exact) mass is 578 g/mol. The molecular formula is C29H19N2NaO6S2. The molecule has 0 saturated carbocycles. The van der Waals surface area contributed by atoms with E-state index < -0.39 is 30.3 Å². The first-order chi connectivity index (χ1) is 18.6. The smallest absolute Gasteiger partial charge is 0.742 e. The molecule has 0 spiro atoms. The molecule has 0 atom stereocenters. The van der Waals surface area contributed by atoms with E-state index >= 15 is 0 Å². The molecule has 0 unspecified atom stereocenters. The van der Waals surface area contributed by atoms with Crippen molar-refractivity contribution in [1.82, 2.24) is 0 Å². The Hall–Kier alpha value is -3.71. The van der Waals surface area contributed by atoms with Gasteiger partial charge >= 0.3 is 34.6 Å². The molecule has 1 aromatic heterocycles. The van der Waals surface area contributed by atoms with Crippen molar-refractivity contribution >= 4 is 54.0 Å². The van der Waals surface area contributed by atoms with Crippen molar-refractivity contribution in [1.29, 1.82) is 0 Å². The van der Waals surface area contributed by atoms with Gasteiger partial charge in [0, 0.05) is 35.0 Å². The molecule has 194 valence electrons. The predicted octanol–water partition coefficient (Wildman–Crippen LogP) is 1.17. The van der Waals surface area contributed by atoms with Crippen LogP contribution in [0.3, 0.4) is 0 Å². The Balaban J connectivity index is 0.00000441. The molecule has 4 rings (SSSR count). The van der Waals surface area contributed by atoms with Crippen LogP contribution in [0, 0.1) is 0 Å². The Bertz CT molecular complexity index is 2000. The molecule has 0 amide bonds. The van der Waals surface area contributed by atoms with Crippen LogP contribution < -0.4 is 39.0 Å². The molecule has 0 aliphatic carbocycles. The Morgan fingerprint density at radius 3 is 2.20 bits per heavy atom. The number of fused-ring (bicyclic) bond motifs is 2. The number of anilines is 1. The number of rotatable bonds is 6. The van der Waals surface area contributed by atoms with E-state index in [2.05, 4.69) is 36.1 Å². The zero-order valence-corrected chi connectivity index (χ0v) is 24.9. The Kier molecular flexibility index (Phi) is 9.74. The van der Waals surface area contributed by atoms with Gasteiger partial charge in [-0.15, -0.1) is 4.57 Å². The average molecular weight is 579 g/mol. The summed E-state index contributed by atoms with van der Waals surface area (Å²) in [7, 11) is -9.99. The molecule has 0 saturated heterocycles. The molecular weight excluding hydrogens is 559 g/mol. The normalized spacial score (nSPS) is 13.6. The second-order valence-electron chi connectivity index (χ2n) is 7.95. The molecule has 3 aromatic rings. The van der Waals surface area contributed by atoms with E-state index in [-0.39, 0.29) is 40.9 Å². The van der Waals surface area contributed by atoms with Gasteiger partial charge in [-0.2, -0.15) is 0 Å². The summed E-state index contributed by atoms with van der Waals surface area (Å²) in [5.74, 6) is 0. The van der Waals surface area contributed by atoms with Crippen molar-refractivity contribution in [3.8, 4) is 0 Å². The molecule has 8 nitrogen and oxygen atoms in total. The summed E-state index contributed by atoms with van der Waals surface area (Å²) < 4.78 is 74.0. The predicted molar refractivity (Wildman–Crippen MR) is 147 cm³/mol. The van der Waals surface area contributed by atoms with Crippen molar-refractivity contribution < 1.29 is 60.1 Å². The maximum absolute atomic E-state index is 12.1.